The Labute approximate surface area is 285 Å². The van der Waals surface area contributed by atoms with Gasteiger partial charge in [0, 0.05) is 35.6 Å². The predicted octanol–water partition coefficient (Wildman–Crippen LogP) is 6.01. The molecule has 0 saturated carbocycles. The number of nitrogens with zero attached hydrogens (tertiary/aromatic N) is 4. The van der Waals surface area contributed by atoms with E-state index < -0.39 is 5.91 Å². The van der Waals surface area contributed by atoms with Crippen LogP contribution in [0.5, 0.6) is 5.75 Å². The van der Waals surface area contributed by atoms with E-state index in [1.165, 1.54) is 11.0 Å². The smallest absolute Gasteiger partial charge is 0.246 e. The Morgan fingerprint density at radius 1 is 1.07 bits per heavy atom. The number of fused-ring (bicyclic) bond motifs is 1. The van der Waals surface area contributed by atoms with Gasteiger partial charge in [0.25, 0.3) is 0 Å². The van der Waals surface area contributed by atoms with Crippen molar-refractivity contribution in [2.75, 3.05) is 44.4 Å². The van der Waals surface area contributed by atoms with E-state index in [-0.39, 0.29) is 48.9 Å². The predicted molar refractivity (Wildman–Crippen MR) is 185 cm³/mol. The summed E-state index contributed by atoms with van der Waals surface area (Å²) in [5.41, 5.74) is 3.78. The number of halogens is 4. The van der Waals surface area contributed by atoms with Gasteiger partial charge in [-0.3, -0.25) is 18.8 Å². The highest BCUT2D eigenvalue weighted by Gasteiger charge is 2.20. The first kappa shape index (κ1) is 35.9. The van der Waals surface area contributed by atoms with Crippen molar-refractivity contribution in [1.29, 1.82) is 0 Å². The minimum atomic E-state index is -0.443. The number of pyridine rings is 1. The van der Waals surface area contributed by atoms with E-state index in [0.29, 0.717) is 33.4 Å². The molecule has 0 unspecified atom stereocenters. The van der Waals surface area contributed by atoms with Crippen molar-refractivity contribution in [1.82, 2.24) is 19.6 Å². The number of hydrogen-bond donors (Lipinski definition) is 2. The first-order valence-corrected chi connectivity index (χ1v) is 15.0. The molecule has 2 N–H and O–H groups in total. The summed E-state index contributed by atoms with van der Waals surface area (Å²) >= 11 is 16.7. The van der Waals surface area contributed by atoms with E-state index in [1.807, 2.05) is 37.7 Å². The van der Waals surface area contributed by atoms with Crippen molar-refractivity contribution in [2.45, 2.75) is 13.5 Å². The van der Waals surface area contributed by atoms with Gasteiger partial charge in [0.05, 0.1) is 29.5 Å². The molecule has 4 rings (SSSR count). The molecule has 0 saturated heterocycles. The average molecular weight is 739 g/mol. The number of anilines is 2. The number of imidazole rings is 1. The number of hydrogen-bond acceptors (Lipinski definition) is 6. The Morgan fingerprint density at radius 3 is 2.47 bits per heavy atom. The summed E-state index contributed by atoms with van der Waals surface area (Å²) < 4.78 is 8.74. The van der Waals surface area contributed by atoms with Crippen LogP contribution in [0.15, 0.2) is 65.4 Å². The van der Waals surface area contributed by atoms with Gasteiger partial charge in [-0.25, -0.2) is 4.98 Å². The van der Waals surface area contributed by atoms with Gasteiger partial charge >= 0.3 is 0 Å². The van der Waals surface area contributed by atoms with Crippen LogP contribution < -0.4 is 20.3 Å². The number of nitrogens with one attached hydrogen (secondary N) is 2. The van der Waals surface area contributed by atoms with Crippen molar-refractivity contribution < 1.29 is 19.1 Å². The lowest BCUT2D eigenvalue weighted by molar-refractivity contribution is -0.122. The quantitative estimate of drug-likeness (QED) is 0.183. The Morgan fingerprint density at radius 2 is 1.78 bits per heavy atom. The summed E-state index contributed by atoms with van der Waals surface area (Å²) in [5.74, 6) is -0.407. The molecule has 10 nitrogen and oxygen atoms in total. The summed E-state index contributed by atoms with van der Waals surface area (Å²) in [4.78, 5) is 44.9. The number of aryl methyl sites for hydroxylation is 1. The highest BCUT2D eigenvalue weighted by atomic mass is 79.9. The molecule has 0 radical (unpaired) electrons. The van der Waals surface area contributed by atoms with E-state index >= 15 is 0 Å². The maximum Gasteiger partial charge on any atom is 0.246 e. The molecular weight excluding hydrogens is 707 g/mol. The van der Waals surface area contributed by atoms with Crippen LogP contribution in [0.1, 0.15) is 16.8 Å². The lowest BCUT2D eigenvalue weighted by atomic mass is 10.2. The number of rotatable bonds is 11. The van der Waals surface area contributed by atoms with Crippen molar-refractivity contribution in [3.05, 3.63) is 92.3 Å². The van der Waals surface area contributed by atoms with E-state index in [0.717, 1.165) is 15.9 Å². The number of benzene rings is 2. The third kappa shape index (κ3) is 9.21. The van der Waals surface area contributed by atoms with Crippen LogP contribution in [0.3, 0.4) is 0 Å². The monoisotopic (exact) mass is 736 g/mol. The second-order valence-electron chi connectivity index (χ2n) is 10.1. The van der Waals surface area contributed by atoms with E-state index in [4.69, 9.17) is 27.9 Å². The van der Waals surface area contributed by atoms with Gasteiger partial charge in [-0.1, -0.05) is 35.3 Å². The summed E-state index contributed by atoms with van der Waals surface area (Å²) in [6, 6.07) is 14.0. The summed E-state index contributed by atoms with van der Waals surface area (Å²) in [6.07, 6.45) is 4.81. The zero-order valence-electron chi connectivity index (χ0n) is 24.9. The maximum absolute atomic E-state index is 12.9. The van der Waals surface area contributed by atoms with Gasteiger partial charge < -0.3 is 25.2 Å². The van der Waals surface area contributed by atoms with Gasteiger partial charge in [0.1, 0.15) is 11.2 Å². The van der Waals surface area contributed by atoms with Crippen LogP contribution >= 0.6 is 51.5 Å². The number of carbonyl (C=O) groups is 3. The maximum atomic E-state index is 12.9. The highest BCUT2D eigenvalue weighted by molar-refractivity contribution is 9.10. The number of likely N-dealkylation sites (N-methyl/N-ethyl adjacent to an activating group) is 2. The Kier molecular flexibility index (Phi) is 12.8. The fraction of sp³-hybridized carbons (Fsp3) is 0.226. The van der Waals surface area contributed by atoms with Crippen LogP contribution in [0.4, 0.5) is 11.4 Å². The summed E-state index contributed by atoms with van der Waals surface area (Å²) in [7, 11) is 5.19. The van der Waals surface area contributed by atoms with Crippen LogP contribution in [0.25, 0.3) is 11.7 Å². The van der Waals surface area contributed by atoms with Crippen LogP contribution in [-0.4, -0.2) is 66.2 Å². The summed E-state index contributed by atoms with van der Waals surface area (Å²) in [6.45, 7) is 1.95. The fourth-order valence-corrected chi connectivity index (χ4v) is 5.16. The van der Waals surface area contributed by atoms with Gasteiger partial charge in [-0.05, 0) is 85.0 Å². The Bertz CT molecular complexity index is 1730. The lowest BCUT2D eigenvalue weighted by Crippen LogP contribution is -2.37. The number of aromatic nitrogens is 2. The topological polar surface area (TPSA) is 108 Å². The van der Waals surface area contributed by atoms with Crippen LogP contribution in [0, 0.1) is 6.92 Å². The molecule has 45 heavy (non-hydrogen) atoms. The molecule has 0 aliphatic rings. The molecule has 2 heterocycles. The van der Waals surface area contributed by atoms with E-state index in [9.17, 15) is 14.4 Å². The third-order valence-electron chi connectivity index (χ3n) is 6.48. The molecule has 238 valence electrons. The Balaban J connectivity index is 0.00000552. The zero-order valence-corrected chi connectivity index (χ0v) is 28.9. The van der Waals surface area contributed by atoms with E-state index in [2.05, 4.69) is 31.5 Å². The number of carbonyl (C=O) groups excluding carboxylic acids is 3. The molecule has 0 fully saturated rings. The first-order valence-electron chi connectivity index (χ1n) is 13.4. The van der Waals surface area contributed by atoms with Crippen LogP contribution in [0.2, 0.25) is 10.0 Å². The average Bonchev–Trinajstić information content (AvgIpc) is 3.28. The minimum absolute atomic E-state index is 0. The lowest BCUT2D eigenvalue weighted by Gasteiger charge is -2.21. The van der Waals surface area contributed by atoms with Gasteiger partial charge in [-0.15, -0.1) is 12.4 Å². The van der Waals surface area contributed by atoms with Crippen molar-refractivity contribution in [2.24, 2.45) is 0 Å². The van der Waals surface area contributed by atoms with Gasteiger partial charge in [0.15, 0.2) is 11.4 Å². The number of amides is 3. The highest BCUT2D eigenvalue weighted by Crippen LogP contribution is 2.35. The minimum Gasteiger partial charge on any atom is -0.485 e. The molecule has 0 bridgehead atoms. The fourth-order valence-electron chi connectivity index (χ4n) is 4.18. The molecule has 14 heteroatoms. The molecular formula is C31H32BrCl3N6O4. The SMILES string of the molecule is Cc1nc2c(OCc3c(Cl)ccc(N(C)C(=O)CNC(=O)C=Cc4ccc(NC(=O)CN(C)C)cc4)c3Cl)cccn2c1Br.Cl. The van der Waals surface area contributed by atoms with Crippen LogP contribution in [-0.2, 0) is 21.0 Å². The standard InChI is InChI=1S/C31H31BrCl2N6O4.ClH/c1-19-30(32)40-15-5-6-25(31(40)36-19)44-18-22-23(33)12-13-24(29(22)34)39(4)28(43)16-35-26(41)14-9-20-7-10-21(11-8-20)37-27(42)17-38(2)3;/h5-15H,16-18H2,1-4H3,(H,35,41)(H,37,42);1H. The number of ether oxygens (including phenoxy) is 1. The molecule has 2 aromatic heterocycles. The molecule has 0 atom stereocenters. The Hall–Kier alpha value is -3.61. The van der Waals surface area contributed by atoms with Gasteiger partial charge in [0.2, 0.25) is 17.7 Å². The first-order chi connectivity index (χ1) is 20.9. The second kappa shape index (κ2) is 16.1. The molecule has 2 aromatic carbocycles. The normalized spacial score (nSPS) is 11.0. The molecule has 0 spiro atoms. The second-order valence-corrected chi connectivity index (χ2v) is 11.6. The van der Waals surface area contributed by atoms with Crippen molar-refractivity contribution in [3.63, 3.8) is 0 Å². The van der Waals surface area contributed by atoms with Crippen molar-refractivity contribution >= 4 is 92.4 Å². The summed E-state index contributed by atoms with van der Waals surface area (Å²) in [5, 5.41) is 6.03. The van der Waals surface area contributed by atoms with Crippen molar-refractivity contribution in [3.8, 4) is 5.75 Å². The molecule has 3 amide bonds. The van der Waals surface area contributed by atoms with E-state index in [1.54, 1.807) is 60.5 Å². The van der Waals surface area contributed by atoms with Gasteiger partial charge in [-0.2, -0.15) is 0 Å². The molecule has 4 aromatic rings. The molecule has 0 aliphatic carbocycles. The zero-order chi connectivity index (χ0) is 32.0. The third-order valence-corrected chi connectivity index (χ3v) is 8.22. The molecule has 0 aliphatic heterocycles. The largest absolute Gasteiger partial charge is 0.485 e.